The van der Waals surface area contributed by atoms with Crippen molar-refractivity contribution in [3.05, 3.63) is 41.2 Å². The molecule has 1 aromatic carbocycles. The number of halogens is 1. The molecule has 1 aliphatic heterocycles. The molecule has 0 radical (unpaired) electrons. The fourth-order valence-electron chi connectivity index (χ4n) is 3.39. The van der Waals surface area contributed by atoms with Gasteiger partial charge in [0.15, 0.2) is 0 Å². The summed E-state index contributed by atoms with van der Waals surface area (Å²) in [5, 5.41) is 0.700. The topological polar surface area (TPSA) is 50.7 Å². The van der Waals surface area contributed by atoms with E-state index in [-0.39, 0.29) is 0 Å². The highest BCUT2D eigenvalue weighted by molar-refractivity contribution is 6.32. The van der Waals surface area contributed by atoms with E-state index in [9.17, 15) is 0 Å². The number of aromatic nitrogens is 2. The quantitative estimate of drug-likeness (QED) is 0.771. The first-order chi connectivity index (χ1) is 12.6. The van der Waals surface area contributed by atoms with E-state index >= 15 is 0 Å². The number of anilines is 1. The second-order valence-electron chi connectivity index (χ2n) is 6.49. The highest BCUT2D eigenvalue weighted by Crippen LogP contribution is 2.30. The van der Waals surface area contributed by atoms with Gasteiger partial charge in [0.05, 0.1) is 19.2 Å². The Kier molecular flexibility index (Phi) is 6.16. The maximum absolute atomic E-state index is 6.46. The number of benzene rings is 1. The standard InChI is InChI=1S/C19H25ClN4O2/c1-23(17-10-18(26-3)22-13-21-17)15-7-5-9-24(12-15)11-14-6-4-8-16(25-2)19(14)20/h4,6,8,10,13,15H,5,7,9,11-12H2,1-3H3. The lowest BCUT2D eigenvalue weighted by atomic mass is 10.0. The first kappa shape index (κ1) is 18.7. The molecule has 0 bridgehead atoms. The van der Waals surface area contributed by atoms with E-state index in [2.05, 4.69) is 32.9 Å². The molecule has 1 fully saturated rings. The third-order valence-corrected chi connectivity index (χ3v) is 5.31. The number of hydrogen-bond donors (Lipinski definition) is 0. The fourth-order valence-corrected chi connectivity index (χ4v) is 3.65. The minimum Gasteiger partial charge on any atom is -0.495 e. The summed E-state index contributed by atoms with van der Waals surface area (Å²) in [6, 6.07) is 8.19. The van der Waals surface area contributed by atoms with Crippen LogP contribution in [0.3, 0.4) is 0 Å². The molecule has 1 unspecified atom stereocenters. The molecule has 2 heterocycles. The zero-order chi connectivity index (χ0) is 18.5. The van der Waals surface area contributed by atoms with Gasteiger partial charge in [0.25, 0.3) is 0 Å². The van der Waals surface area contributed by atoms with E-state index in [1.807, 2.05) is 18.2 Å². The summed E-state index contributed by atoms with van der Waals surface area (Å²) in [4.78, 5) is 13.1. The van der Waals surface area contributed by atoms with Gasteiger partial charge < -0.3 is 14.4 Å². The largest absolute Gasteiger partial charge is 0.495 e. The number of methoxy groups -OCH3 is 2. The number of hydrogen-bond acceptors (Lipinski definition) is 6. The molecule has 26 heavy (non-hydrogen) atoms. The summed E-state index contributed by atoms with van der Waals surface area (Å²) >= 11 is 6.46. The maximum Gasteiger partial charge on any atom is 0.218 e. The smallest absolute Gasteiger partial charge is 0.218 e. The molecule has 1 aromatic heterocycles. The van der Waals surface area contributed by atoms with E-state index in [4.69, 9.17) is 21.1 Å². The van der Waals surface area contributed by atoms with Gasteiger partial charge >= 0.3 is 0 Å². The molecule has 0 saturated carbocycles. The Morgan fingerprint density at radius 2 is 2.12 bits per heavy atom. The Morgan fingerprint density at radius 1 is 1.27 bits per heavy atom. The van der Waals surface area contributed by atoms with Gasteiger partial charge in [0.2, 0.25) is 5.88 Å². The van der Waals surface area contributed by atoms with Crippen LogP contribution >= 0.6 is 11.6 Å². The molecule has 140 valence electrons. The molecule has 1 atom stereocenters. The summed E-state index contributed by atoms with van der Waals surface area (Å²) in [6.45, 7) is 2.83. The van der Waals surface area contributed by atoms with E-state index in [1.54, 1.807) is 20.5 Å². The maximum atomic E-state index is 6.46. The second-order valence-corrected chi connectivity index (χ2v) is 6.87. The minimum absolute atomic E-state index is 0.382. The summed E-state index contributed by atoms with van der Waals surface area (Å²) in [5.74, 6) is 2.18. The normalized spacial score (nSPS) is 17.8. The van der Waals surface area contributed by atoms with Crippen molar-refractivity contribution in [2.75, 3.05) is 39.3 Å². The van der Waals surface area contributed by atoms with Crippen LogP contribution in [0.2, 0.25) is 5.02 Å². The van der Waals surface area contributed by atoms with Gasteiger partial charge in [0, 0.05) is 32.2 Å². The third kappa shape index (κ3) is 4.19. The van der Waals surface area contributed by atoms with Crippen LogP contribution in [0.4, 0.5) is 5.82 Å². The predicted molar refractivity (Wildman–Crippen MR) is 103 cm³/mol. The van der Waals surface area contributed by atoms with Gasteiger partial charge in [-0.15, -0.1) is 0 Å². The van der Waals surface area contributed by atoms with Crippen molar-refractivity contribution in [3.8, 4) is 11.6 Å². The van der Waals surface area contributed by atoms with Crippen molar-refractivity contribution in [3.63, 3.8) is 0 Å². The second kappa shape index (κ2) is 8.56. The molecule has 2 aromatic rings. The first-order valence-electron chi connectivity index (χ1n) is 8.75. The van der Waals surface area contributed by atoms with Crippen molar-refractivity contribution in [2.24, 2.45) is 0 Å². The number of ether oxygens (including phenoxy) is 2. The molecular formula is C19H25ClN4O2. The summed E-state index contributed by atoms with van der Waals surface area (Å²) in [6.07, 6.45) is 3.81. The van der Waals surface area contributed by atoms with Crippen LogP contribution < -0.4 is 14.4 Å². The van der Waals surface area contributed by atoms with Crippen molar-refractivity contribution in [1.29, 1.82) is 0 Å². The van der Waals surface area contributed by atoms with Gasteiger partial charge in [-0.1, -0.05) is 23.7 Å². The van der Waals surface area contributed by atoms with Crippen molar-refractivity contribution in [2.45, 2.75) is 25.4 Å². The molecular weight excluding hydrogens is 352 g/mol. The van der Waals surface area contributed by atoms with E-state index in [0.29, 0.717) is 16.9 Å². The van der Waals surface area contributed by atoms with Crippen molar-refractivity contribution < 1.29 is 9.47 Å². The van der Waals surface area contributed by atoms with E-state index in [1.165, 1.54) is 0 Å². The zero-order valence-corrected chi connectivity index (χ0v) is 16.2. The van der Waals surface area contributed by atoms with Crippen LogP contribution in [0.5, 0.6) is 11.6 Å². The molecule has 6 nitrogen and oxygen atoms in total. The monoisotopic (exact) mass is 376 g/mol. The number of piperidine rings is 1. The van der Waals surface area contributed by atoms with Crippen LogP contribution in [0.1, 0.15) is 18.4 Å². The van der Waals surface area contributed by atoms with Crippen LogP contribution in [0.25, 0.3) is 0 Å². The minimum atomic E-state index is 0.382. The molecule has 0 spiro atoms. The number of likely N-dealkylation sites (tertiary alicyclic amines) is 1. The van der Waals surface area contributed by atoms with E-state index < -0.39 is 0 Å². The average Bonchev–Trinajstić information content (AvgIpc) is 2.69. The SMILES string of the molecule is COc1cc(N(C)C2CCCN(Cc3cccc(OC)c3Cl)C2)ncn1. The molecule has 0 N–H and O–H groups in total. The van der Waals surface area contributed by atoms with Crippen molar-refractivity contribution in [1.82, 2.24) is 14.9 Å². The van der Waals surface area contributed by atoms with Crippen LogP contribution in [-0.4, -0.2) is 55.3 Å². The number of nitrogens with zero attached hydrogens (tertiary/aromatic N) is 4. The predicted octanol–water partition coefficient (Wildman–Crippen LogP) is 3.25. The van der Waals surface area contributed by atoms with Crippen LogP contribution in [-0.2, 0) is 6.54 Å². The van der Waals surface area contributed by atoms with Crippen molar-refractivity contribution >= 4 is 17.4 Å². The molecule has 0 amide bonds. The lowest BCUT2D eigenvalue weighted by Crippen LogP contribution is -2.46. The number of rotatable bonds is 6. The van der Waals surface area contributed by atoms with Gasteiger partial charge in [-0.2, -0.15) is 0 Å². The average molecular weight is 377 g/mol. The lowest BCUT2D eigenvalue weighted by molar-refractivity contribution is 0.198. The molecule has 0 aliphatic carbocycles. The van der Waals surface area contributed by atoms with Crippen LogP contribution in [0.15, 0.2) is 30.6 Å². The van der Waals surface area contributed by atoms with Gasteiger partial charge in [-0.25, -0.2) is 9.97 Å². The van der Waals surface area contributed by atoms with E-state index in [0.717, 1.165) is 49.6 Å². The third-order valence-electron chi connectivity index (χ3n) is 4.88. The number of likely N-dealkylation sites (N-methyl/N-ethyl adjacent to an activating group) is 1. The summed E-state index contributed by atoms with van der Waals surface area (Å²) in [7, 11) is 5.34. The molecule has 1 saturated heterocycles. The van der Waals surface area contributed by atoms with Gasteiger partial charge in [-0.3, -0.25) is 4.90 Å². The van der Waals surface area contributed by atoms with Crippen LogP contribution in [0, 0.1) is 0 Å². The molecule has 7 heteroatoms. The summed E-state index contributed by atoms with van der Waals surface area (Å²) in [5.41, 5.74) is 1.10. The highest BCUT2D eigenvalue weighted by Gasteiger charge is 2.25. The Labute approximate surface area is 159 Å². The Bertz CT molecular complexity index is 743. The molecule has 1 aliphatic rings. The Morgan fingerprint density at radius 3 is 2.88 bits per heavy atom. The summed E-state index contributed by atoms with van der Waals surface area (Å²) < 4.78 is 10.5. The van der Waals surface area contributed by atoms with Gasteiger partial charge in [0.1, 0.15) is 17.9 Å². The molecule has 3 rings (SSSR count). The fraction of sp³-hybridized carbons (Fsp3) is 0.474. The lowest BCUT2D eigenvalue weighted by Gasteiger charge is -2.38. The Hall–Kier alpha value is -2.05. The van der Waals surface area contributed by atoms with Gasteiger partial charge in [-0.05, 0) is 31.0 Å². The first-order valence-corrected chi connectivity index (χ1v) is 9.12. The highest BCUT2D eigenvalue weighted by atomic mass is 35.5. The zero-order valence-electron chi connectivity index (χ0n) is 15.5. The Balaban J connectivity index is 1.69.